The van der Waals surface area contributed by atoms with Crippen LogP contribution in [0.15, 0.2) is 30.3 Å². The minimum atomic E-state index is -0.285. The molecule has 0 aromatic heterocycles. The van der Waals surface area contributed by atoms with Gasteiger partial charge in [-0.3, -0.25) is 0 Å². The number of epoxide rings is 1. The Bertz CT molecular complexity index is 668. The molecular formula is C22H30O6. The third kappa shape index (κ3) is 3.51. The standard InChI is InChI=1S/C22H30O6/c1-12-13(2)16(10-23-9-15-7-5-4-6-8-15)25-21(14(12)3)28-18-17-11-24-22(26-17)20-19(18)27-20/h4-8,12-14,16-22H,9-11H2,1-3H3/t12-,13-,14?,16?,17?,18+,19+,20?,21+,22+/m0/s1. The maximum Gasteiger partial charge on any atom is 0.187 e. The molecule has 4 aliphatic rings. The van der Waals surface area contributed by atoms with Gasteiger partial charge in [0.1, 0.15) is 24.4 Å². The highest BCUT2D eigenvalue weighted by molar-refractivity contribution is 5.13. The predicted molar refractivity (Wildman–Crippen MR) is 100 cm³/mol. The first-order chi connectivity index (χ1) is 13.6. The first-order valence-corrected chi connectivity index (χ1v) is 10.5. The molecule has 5 rings (SSSR count). The van der Waals surface area contributed by atoms with E-state index in [0.717, 1.165) is 0 Å². The molecule has 4 fully saturated rings. The van der Waals surface area contributed by atoms with Crippen LogP contribution in [0.2, 0.25) is 0 Å². The highest BCUT2D eigenvalue weighted by Gasteiger charge is 2.63. The average molecular weight is 390 g/mol. The van der Waals surface area contributed by atoms with Crippen molar-refractivity contribution in [3.8, 4) is 0 Å². The zero-order valence-corrected chi connectivity index (χ0v) is 16.7. The Morgan fingerprint density at radius 3 is 2.57 bits per heavy atom. The summed E-state index contributed by atoms with van der Waals surface area (Å²) in [6.07, 6.45) is -0.583. The van der Waals surface area contributed by atoms with Crippen molar-refractivity contribution in [3.63, 3.8) is 0 Å². The normalized spacial score (nSPS) is 47.0. The molecule has 154 valence electrons. The van der Waals surface area contributed by atoms with Crippen molar-refractivity contribution in [1.29, 1.82) is 0 Å². The molecule has 28 heavy (non-hydrogen) atoms. The van der Waals surface area contributed by atoms with Gasteiger partial charge in [-0.1, -0.05) is 51.1 Å². The molecule has 1 aromatic carbocycles. The maximum atomic E-state index is 6.43. The zero-order valence-electron chi connectivity index (χ0n) is 16.7. The number of fused-ring (bicyclic) bond motifs is 4. The molecule has 4 saturated heterocycles. The highest BCUT2D eigenvalue weighted by atomic mass is 16.8. The van der Waals surface area contributed by atoms with Crippen LogP contribution in [0, 0.1) is 17.8 Å². The Labute approximate surface area is 166 Å². The van der Waals surface area contributed by atoms with Crippen molar-refractivity contribution in [2.24, 2.45) is 17.8 Å². The summed E-state index contributed by atoms with van der Waals surface area (Å²) in [5.74, 6) is 1.16. The van der Waals surface area contributed by atoms with Crippen LogP contribution in [0.3, 0.4) is 0 Å². The minimum Gasteiger partial charge on any atom is -0.374 e. The Morgan fingerprint density at radius 2 is 1.75 bits per heavy atom. The Balaban J connectivity index is 1.20. The van der Waals surface area contributed by atoms with E-state index in [0.29, 0.717) is 31.7 Å². The second-order valence-corrected chi connectivity index (χ2v) is 8.66. The average Bonchev–Trinajstić information content (AvgIpc) is 3.40. The number of hydrogen-bond acceptors (Lipinski definition) is 6. The Kier molecular flexibility index (Phi) is 5.20. The molecule has 10 atom stereocenters. The molecule has 0 amide bonds. The van der Waals surface area contributed by atoms with E-state index in [9.17, 15) is 0 Å². The fourth-order valence-corrected chi connectivity index (χ4v) is 4.64. The van der Waals surface area contributed by atoms with Gasteiger partial charge >= 0.3 is 0 Å². The van der Waals surface area contributed by atoms with E-state index >= 15 is 0 Å². The summed E-state index contributed by atoms with van der Waals surface area (Å²) in [5.41, 5.74) is 1.17. The van der Waals surface area contributed by atoms with Crippen LogP contribution < -0.4 is 0 Å². The minimum absolute atomic E-state index is 0.00733. The van der Waals surface area contributed by atoms with Crippen LogP contribution in [0.5, 0.6) is 0 Å². The molecule has 4 unspecified atom stereocenters. The fraction of sp³-hybridized carbons (Fsp3) is 0.727. The van der Waals surface area contributed by atoms with Crippen LogP contribution in [0.25, 0.3) is 0 Å². The number of ether oxygens (including phenoxy) is 6. The van der Waals surface area contributed by atoms with Gasteiger partial charge in [-0.2, -0.15) is 0 Å². The molecule has 4 heterocycles. The maximum absolute atomic E-state index is 6.43. The molecule has 6 nitrogen and oxygen atoms in total. The lowest BCUT2D eigenvalue weighted by Crippen LogP contribution is -2.52. The lowest BCUT2D eigenvalue weighted by Gasteiger charge is -2.44. The van der Waals surface area contributed by atoms with Gasteiger partial charge in [0.2, 0.25) is 0 Å². The van der Waals surface area contributed by atoms with Gasteiger partial charge in [-0.25, -0.2) is 0 Å². The van der Waals surface area contributed by atoms with Gasteiger partial charge in [0, 0.05) is 5.92 Å². The SMILES string of the molecule is CC1[C@@H](O[C@@H]2C3CO[C@H](O3)C3O[C@@H]32)OC(COCc2ccccc2)[C@@H](C)[C@@H]1C. The summed E-state index contributed by atoms with van der Waals surface area (Å²) in [4.78, 5) is 0. The van der Waals surface area contributed by atoms with Crippen LogP contribution in [-0.4, -0.2) is 56.3 Å². The van der Waals surface area contributed by atoms with Crippen molar-refractivity contribution >= 4 is 0 Å². The topological polar surface area (TPSA) is 58.7 Å². The summed E-state index contributed by atoms with van der Waals surface area (Å²) in [6.45, 7) is 8.45. The Morgan fingerprint density at radius 1 is 0.929 bits per heavy atom. The van der Waals surface area contributed by atoms with Gasteiger partial charge in [0.15, 0.2) is 12.6 Å². The summed E-state index contributed by atoms with van der Waals surface area (Å²) >= 11 is 0. The van der Waals surface area contributed by atoms with Crippen LogP contribution in [0.1, 0.15) is 26.3 Å². The second-order valence-electron chi connectivity index (χ2n) is 8.66. The van der Waals surface area contributed by atoms with E-state index < -0.39 is 0 Å². The lowest BCUT2D eigenvalue weighted by atomic mass is 9.79. The molecule has 0 saturated carbocycles. The zero-order chi connectivity index (χ0) is 19.3. The van der Waals surface area contributed by atoms with E-state index in [1.54, 1.807) is 0 Å². The largest absolute Gasteiger partial charge is 0.374 e. The molecule has 2 bridgehead atoms. The third-order valence-electron chi connectivity index (χ3n) is 6.92. The van der Waals surface area contributed by atoms with E-state index in [2.05, 4.69) is 32.9 Å². The molecule has 0 radical (unpaired) electrons. The van der Waals surface area contributed by atoms with Gasteiger partial charge < -0.3 is 28.4 Å². The van der Waals surface area contributed by atoms with Crippen LogP contribution in [0.4, 0.5) is 0 Å². The molecule has 1 aromatic rings. The number of hydrogen-bond donors (Lipinski definition) is 0. The first kappa shape index (κ1) is 19.0. The Hall–Kier alpha value is -1.02. The van der Waals surface area contributed by atoms with E-state index in [4.69, 9.17) is 28.4 Å². The summed E-state index contributed by atoms with van der Waals surface area (Å²) in [7, 11) is 0. The van der Waals surface area contributed by atoms with E-state index in [1.165, 1.54) is 5.56 Å². The van der Waals surface area contributed by atoms with Crippen molar-refractivity contribution in [2.75, 3.05) is 13.2 Å². The third-order valence-corrected chi connectivity index (χ3v) is 6.92. The second kappa shape index (κ2) is 7.67. The van der Waals surface area contributed by atoms with Crippen molar-refractivity contribution in [3.05, 3.63) is 35.9 Å². The summed E-state index contributed by atoms with van der Waals surface area (Å²) in [6, 6.07) is 10.2. The smallest absolute Gasteiger partial charge is 0.187 e. The quantitative estimate of drug-likeness (QED) is 0.696. The first-order valence-electron chi connectivity index (χ1n) is 10.5. The molecule has 0 aliphatic carbocycles. The summed E-state index contributed by atoms with van der Waals surface area (Å²) in [5, 5.41) is 0. The fourth-order valence-electron chi connectivity index (χ4n) is 4.64. The van der Waals surface area contributed by atoms with Gasteiger partial charge in [0.05, 0.1) is 25.9 Å². The monoisotopic (exact) mass is 390 g/mol. The summed E-state index contributed by atoms with van der Waals surface area (Å²) < 4.78 is 36.1. The molecule has 0 N–H and O–H groups in total. The van der Waals surface area contributed by atoms with E-state index in [-0.39, 0.29) is 49.0 Å². The molecule has 6 heteroatoms. The van der Waals surface area contributed by atoms with Crippen LogP contribution in [-0.2, 0) is 35.0 Å². The van der Waals surface area contributed by atoms with Gasteiger partial charge in [0.25, 0.3) is 0 Å². The predicted octanol–water partition coefficient (Wildman–Crippen LogP) is 2.74. The molecule has 4 aliphatic heterocycles. The van der Waals surface area contributed by atoms with Crippen molar-refractivity contribution in [2.45, 2.75) is 70.5 Å². The number of benzene rings is 1. The molecule has 0 spiro atoms. The van der Waals surface area contributed by atoms with Crippen molar-refractivity contribution < 1.29 is 28.4 Å². The lowest BCUT2D eigenvalue weighted by molar-refractivity contribution is -0.285. The van der Waals surface area contributed by atoms with E-state index in [1.807, 2.05) is 18.2 Å². The van der Waals surface area contributed by atoms with Crippen LogP contribution >= 0.6 is 0 Å². The van der Waals surface area contributed by atoms with Gasteiger partial charge in [-0.15, -0.1) is 0 Å². The highest BCUT2D eigenvalue weighted by Crippen LogP contribution is 2.45. The van der Waals surface area contributed by atoms with Gasteiger partial charge in [-0.05, 0) is 17.4 Å². The van der Waals surface area contributed by atoms with Crippen molar-refractivity contribution in [1.82, 2.24) is 0 Å². The molecular weight excluding hydrogens is 360 g/mol. The number of rotatable bonds is 6.